The number of tetrazole rings is 1. The molecule has 1 aromatic carbocycles. The monoisotopic (exact) mass is 337 g/mol. The molecule has 2 amide bonds. The van der Waals surface area contributed by atoms with E-state index >= 15 is 0 Å². The minimum absolute atomic E-state index is 0.215. The smallest absolute Gasteiger partial charge is 0.319 e. The van der Waals surface area contributed by atoms with Crippen molar-refractivity contribution in [2.75, 3.05) is 5.32 Å². The minimum Gasteiger partial charge on any atom is -0.330 e. The number of nitrogens with zero attached hydrogens (tertiary/aromatic N) is 5. The molecule has 2 aromatic heterocycles. The van der Waals surface area contributed by atoms with Gasteiger partial charge in [0.25, 0.3) is 0 Å². The number of anilines is 1. The molecule has 25 heavy (non-hydrogen) atoms. The van der Waals surface area contributed by atoms with Crippen LogP contribution in [-0.4, -0.2) is 31.2 Å². The van der Waals surface area contributed by atoms with Gasteiger partial charge in [-0.05, 0) is 41.6 Å². The number of para-hydroxylation sites is 2. The van der Waals surface area contributed by atoms with Gasteiger partial charge in [-0.1, -0.05) is 25.1 Å². The second-order valence-corrected chi connectivity index (χ2v) is 5.45. The number of benzene rings is 1. The number of carbonyl (C=O) groups is 1. The second kappa shape index (κ2) is 7.52. The SMILES string of the molecule is CCc1nnnn1-c1ccccc1NC(=O)NC(C)c1ccccn1. The van der Waals surface area contributed by atoms with Gasteiger partial charge in [-0.2, -0.15) is 4.68 Å². The number of amides is 2. The standard InChI is InChI=1S/C17H19N7O/c1-3-16-21-22-23-24(16)15-10-5-4-9-14(15)20-17(25)19-12(2)13-8-6-7-11-18-13/h4-12H,3H2,1-2H3,(H2,19,20,25). The number of rotatable bonds is 5. The van der Waals surface area contributed by atoms with Gasteiger partial charge in [-0.25, -0.2) is 4.79 Å². The molecule has 0 aliphatic carbocycles. The van der Waals surface area contributed by atoms with E-state index in [2.05, 4.69) is 31.1 Å². The van der Waals surface area contributed by atoms with Crippen molar-refractivity contribution in [3.8, 4) is 5.69 Å². The first kappa shape index (κ1) is 16.6. The number of pyridine rings is 1. The van der Waals surface area contributed by atoms with Crippen LogP contribution in [0.1, 0.15) is 31.4 Å². The summed E-state index contributed by atoms with van der Waals surface area (Å²) in [5.41, 5.74) is 2.12. The van der Waals surface area contributed by atoms with Crippen LogP contribution in [0.3, 0.4) is 0 Å². The van der Waals surface area contributed by atoms with Crippen molar-refractivity contribution in [2.24, 2.45) is 0 Å². The average molecular weight is 337 g/mol. The third kappa shape index (κ3) is 3.79. The van der Waals surface area contributed by atoms with E-state index in [9.17, 15) is 4.79 Å². The summed E-state index contributed by atoms with van der Waals surface area (Å²) in [6.07, 6.45) is 2.38. The van der Waals surface area contributed by atoms with Crippen molar-refractivity contribution in [1.29, 1.82) is 0 Å². The van der Waals surface area contributed by atoms with Crippen molar-refractivity contribution >= 4 is 11.7 Å². The normalized spacial score (nSPS) is 11.8. The summed E-state index contributed by atoms with van der Waals surface area (Å²) >= 11 is 0. The molecular formula is C17H19N7O. The van der Waals surface area contributed by atoms with Crippen LogP contribution in [0.2, 0.25) is 0 Å². The molecule has 0 spiro atoms. The van der Waals surface area contributed by atoms with Gasteiger partial charge in [0.15, 0.2) is 5.82 Å². The molecule has 0 saturated carbocycles. The van der Waals surface area contributed by atoms with Crippen LogP contribution in [0.5, 0.6) is 0 Å². The highest BCUT2D eigenvalue weighted by molar-refractivity contribution is 5.91. The third-order valence-electron chi connectivity index (χ3n) is 3.71. The number of aryl methyl sites for hydroxylation is 1. The van der Waals surface area contributed by atoms with Gasteiger partial charge in [-0.3, -0.25) is 4.98 Å². The zero-order chi connectivity index (χ0) is 17.6. The van der Waals surface area contributed by atoms with E-state index in [1.807, 2.05) is 56.3 Å². The third-order valence-corrected chi connectivity index (χ3v) is 3.71. The molecule has 1 atom stereocenters. The van der Waals surface area contributed by atoms with Crippen LogP contribution in [-0.2, 0) is 6.42 Å². The number of hydrogen-bond donors (Lipinski definition) is 2. The fourth-order valence-electron chi connectivity index (χ4n) is 2.44. The van der Waals surface area contributed by atoms with E-state index in [1.54, 1.807) is 10.9 Å². The zero-order valence-electron chi connectivity index (χ0n) is 14.0. The largest absolute Gasteiger partial charge is 0.330 e. The highest BCUT2D eigenvalue weighted by Gasteiger charge is 2.14. The first-order chi connectivity index (χ1) is 12.2. The van der Waals surface area contributed by atoms with Crippen LogP contribution in [0.4, 0.5) is 10.5 Å². The number of hydrogen-bond acceptors (Lipinski definition) is 5. The molecule has 2 heterocycles. The molecule has 1 unspecified atom stereocenters. The Morgan fingerprint density at radius 1 is 1.20 bits per heavy atom. The van der Waals surface area contributed by atoms with E-state index in [0.29, 0.717) is 17.8 Å². The molecule has 0 aliphatic heterocycles. The van der Waals surface area contributed by atoms with Gasteiger partial charge in [0, 0.05) is 12.6 Å². The quantitative estimate of drug-likeness (QED) is 0.745. The van der Waals surface area contributed by atoms with Crippen molar-refractivity contribution in [3.63, 3.8) is 0 Å². The van der Waals surface area contributed by atoms with E-state index in [-0.39, 0.29) is 12.1 Å². The molecule has 0 fully saturated rings. The molecule has 2 N–H and O–H groups in total. The Morgan fingerprint density at radius 3 is 2.76 bits per heavy atom. The average Bonchev–Trinajstić information content (AvgIpc) is 3.11. The summed E-state index contributed by atoms with van der Waals surface area (Å²) in [7, 11) is 0. The summed E-state index contributed by atoms with van der Waals surface area (Å²) in [5.74, 6) is 0.719. The Balaban J connectivity index is 1.76. The highest BCUT2D eigenvalue weighted by Crippen LogP contribution is 2.20. The zero-order valence-corrected chi connectivity index (χ0v) is 14.0. The molecule has 0 bridgehead atoms. The van der Waals surface area contributed by atoms with E-state index in [4.69, 9.17) is 0 Å². The van der Waals surface area contributed by atoms with Crippen molar-refractivity contribution in [1.82, 2.24) is 30.5 Å². The lowest BCUT2D eigenvalue weighted by Crippen LogP contribution is -2.32. The number of aromatic nitrogens is 5. The second-order valence-electron chi connectivity index (χ2n) is 5.45. The first-order valence-corrected chi connectivity index (χ1v) is 8.04. The Morgan fingerprint density at radius 2 is 2.00 bits per heavy atom. The molecule has 3 aromatic rings. The molecule has 128 valence electrons. The molecule has 8 heteroatoms. The lowest BCUT2D eigenvalue weighted by molar-refractivity contribution is 0.249. The summed E-state index contributed by atoms with van der Waals surface area (Å²) in [5, 5.41) is 17.4. The maximum atomic E-state index is 12.4. The fourth-order valence-corrected chi connectivity index (χ4v) is 2.44. The van der Waals surface area contributed by atoms with Crippen molar-refractivity contribution in [2.45, 2.75) is 26.3 Å². The summed E-state index contributed by atoms with van der Waals surface area (Å²) in [6.45, 7) is 3.85. The Bertz CT molecular complexity index is 847. The molecular weight excluding hydrogens is 318 g/mol. The van der Waals surface area contributed by atoms with E-state index in [1.165, 1.54) is 0 Å². The fraction of sp³-hybridized carbons (Fsp3) is 0.235. The number of carbonyl (C=O) groups excluding carboxylic acids is 1. The summed E-state index contributed by atoms with van der Waals surface area (Å²) < 4.78 is 1.62. The van der Waals surface area contributed by atoms with Crippen LogP contribution in [0.25, 0.3) is 5.69 Å². The predicted octanol–water partition coefficient (Wildman–Crippen LogP) is 2.50. The van der Waals surface area contributed by atoms with E-state index < -0.39 is 0 Å². The van der Waals surface area contributed by atoms with Gasteiger partial charge in [0.05, 0.1) is 23.1 Å². The van der Waals surface area contributed by atoms with E-state index in [0.717, 1.165) is 11.5 Å². The van der Waals surface area contributed by atoms with Gasteiger partial charge >= 0.3 is 6.03 Å². The van der Waals surface area contributed by atoms with Crippen molar-refractivity contribution in [3.05, 3.63) is 60.2 Å². The van der Waals surface area contributed by atoms with Gasteiger partial charge in [-0.15, -0.1) is 5.10 Å². The number of nitrogens with one attached hydrogen (secondary N) is 2. The van der Waals surface area contributed by atoms with Crippen LogP contribution in [0, 0.1) is 0 Å². The number of urea groups is 1. The summed E-state index contributed by atoms with van der Waals surface area (Å²) in [4.78, 5) is 16.6. The predicted molar refractivity (Wildman–Crippen MR) is 93.3 cm³/mol. The Hall–Kier alpha value is -3.29. The molecule has 0 saturated heterocycles. The molecule has 0 radical (unpaired) electrons. The molecule has 8 nitrogen and oxygen atoms in total. The van der Waals surface area contributed by atoms with Gasteiger partial charge in [0.1, 0.15) is 0 Å². The highest BCUT2D eigenvalue weighted by atomic mass is 16.2. The minimum atomic E-state index is -0.322. The lowest BCUT2D eigenvalue weighted by atomic mass is 10.2. The Kier molecular flexibility index (Phi) is 4.98. The molecule has 0 aliphatic rings. The topological polar surface area (TPSA) is 97.6 Å². The Labute approximate surface area is 145 Å². The lowest BCUT2D eigenvalue weighted by Gasteiger charge is -2.16. The van der Waals surface area contributed by atoms with Crippen LogP contribution >= 0.6 is 0 Å². The summed E-state index contributed by atoms with van der Waals surface area (Å²) in [6, 6.07) is 12.4. The van der Waals surface area contributed by atoms with Gasteiger partial charge < -0.3 is 10.6 Å². The van der Waals surface area contributed by atoms with Crippen LogP contribution in [0.15, 0.2) is 48.7 Å². The van der Waals surface area contributed by atoms with Gasteiger partial charge in [0.2, 0.25) is 0 Å². The van der Waals surface area contributed by atoms with Crippen LogP contribution < -0.4 is 10.6 Å². The first-order valence-electron chi connectivity index (χ1n) is 8.04. The van der Waals surface area contributed by atoms with Crippen molar-refractivity contribution < 1.29 is 4.79 Å². The maximum absolute atomic E-state index is 12.4. The maximum Gasteiger partial charge on any atom is 0.319 e. The molecule has 3 rings (SSSR count).